The summed E-state index contributed by atoms with van der Waals surface area (Å²) >= 11 is 0. The van der Waals surface area contributed by atoms with E-state index in [2.05, 4.69) is 39.5 Å². The van der Waals surface area contributed by atoms with Crippen LogP contribution < -0.4 is 16.4 Å². The van der Waals surface area contributed by atoms with E-state index in [1.54, 1.807) is 0 Å². The second-order valence-corrected chi connectivity index (χ2v) is 6.54. The third-order valence-electron chi connectivity index (χ3n) is 4.51. The number of fused-ring (bicyclic) bond motifs is 1. The third kappa shape index (κ3) is 3.72. The summed E-state index contributed by atoms with van der Waals surface area (Å²) in [6.07, 6.45) is 7.48. The highest BCUT2D eigenvalue weighted by atomic mass is 15.3. The van der Waals surface area contributed by atoms with E-state index < -0.39 is 0 Å². The molecule has 126 valence electrons. The fourth-order valence-electron chi connectivity index (χ4n) is 3.26. The molecule has 0 spiro atoms. The number of nitrogen functional groups attached to an aromatic ring is 1. The van der Waals surface area contributed by atoms with Gasteiger partial charge in [0.2, 0.25) is 5.95 Å². The highest BCUT2D eigenvalue weighted by molar-refractivity contribution is 5.61. The van der Waals surface area contributed by atoms with Gasteiger partial charge >= 0.3 is 0 Å². The van der Waals surface area contributed by atoms with Gasteiger partial charge in [-0.1, -0.05) is 13.3 Å². The van der Waals surface area contributed by atoms with Crippen LogP contribution in [0.2, 0.25) is 0 Å². The average molecular weight is 317 g/mol. The minimum absolute atomic E-state index is 0.327. The zero-order chi connectivity index (χ0) is 16.2. The minimum atomic E-state index is 0.327. The molecule has 0 amide bonds. The zero-order valence-electron chi connectivity index (χ0n) is 14.0. The smallest absolute Gasteiger partial charge is 0.243 e. The Bertz CT molecular complexity index is 645. The summed E-state index contributed by atoms with van der Waals surface area (Å²) in [5.74, 6) is 1.70. The van der Waals surface area contributed by atoms with Gasteiger partial charge in [-0.2, -0.15) is 4.98 Å². The molecule has 2 aromatic heterocycles. The lowest BCUT2D eigenvalue weighted by Gasteiger charge is -2.22. The van der Waals surface area contributed by atoms with Gasteiger partial charge in [0.25, 0.3) is 0 Å². The fourth-order valence-corrected chi connectivity index (χ4v) is 3.26. The molecule has 2 aromatic rings. The lowest BCUT2D eigenvalue weighted by atomic mass is 9.93. The molecule has 3 heterocycles. The van der Waals surface area contributed by atoms with E-state index in [4.69, 9.17) is 5.73 Å². The molecular weight excluding hydrogens is 290 g/mol. The zero-order valence-corrected chi connectivity index (χ0v) is 14.0. The van der Waals surface area contributed by atoms with Crippen molar-refractivity contribution in [1.82, 2.24) is 24.9 Å². The van der Waals surface area contributed by atoms with Crippen LogP contribution in [0.1, 0.15) is 45.2 Å². The van der Waals surface area contributed by atoms with E-state index in [9.17, 15) is 0 Å². The summed E-state index contributed by atoms with van der Waals surface area (Å²) in [5.41, 5.74) is 7.84. The topological polar surface area (TPSA) is 93.2 Å². The highest BCUT2D eigenvalue weighted by Crippen LogP contribution is 2.20. The Morgan fingerprint density at radius 3 is 2.96 bits per heavy atom. The molecule has 0 saturated carbocycles. The minimum Gasteiger partial charge on any atom is -0.380 e. The van der Waals surface area contributed by atoms with E-state index in [1.807, 2.05) is 10.7 Å². The highest BCUT2D eigenvalue weighted by Gasteiger charge is 2.18. The van der Waals surface area contributed by atoms with Crippen LogP contribution in [0.5, 0.6) is 0 Å². The first-order chi connectivity index (χ1) is 11.2. The Kier molecular flexibility index (Phi) is 4.95. The van der Waals surface area contributed by atoms with Crippen LogP contribution in [0.4, 0.5) is 11.8 Å². The summed E-state index contributed by atoms with van der Waals surface area (Å²) in [7, 11) is 0. The van der Waals surface area contributed by atoms with Crippen molar-refractivity contribution in [2.24, 2.45) is 5.92 Å². The van der Waals surface area contributed by atoms with Crippen molar-refractivity contribution in [1.29, 1.82) is 0 Å². The molecule has 0 bridgehead atoms. The third-order valence-corrected chi connectivity index (χ3v) is 4.51. The van der Waals surface area contributed by atoms with Crippen LogP contribution in [0.25, 0.3) is 5.65 Å². The van der Waals surface area contributed by atoms with Crippen molar-refractivity contribution in [3.05, 3.63) is 11.9 Å². The molecule has 3 rings (SSSR count). The molecule has 0 aromatic carbocycles. The number of nitrogens with zero attached hydrogens (tertiary/aromatic N) is 4. The molecule has 1 saturated heterocycles. The molecule has 23 heavy (non-hydrogen) atoms. The van der Waals surface area contributed by atoms with Crippen LogP contribution in [-0.2, 0) is 6.42 Å². The van der Waals surface area contributed by atoms with Crippen molar-refractivity contribution in [3.8, 4) is 0 Å². The van der Waals surface area contributed by atoms with Crippen molar-refractivity contribution in [2.45, 2.75) is 52.0 Å². The quantitative estimate of drug-likeness (QED) is 0.753. The Morgan fingerprint density at radius 2 is 2.22 bits per heavy atom. The van der Waals surface area contributed by atoms with Crippen LogP contribution >= 0.6 is 0 Å². The van der Waals surface area contributed by atoms with Gasteiger partial charge in [0.15, 0.2) is 11.5 Å². The predicted molar refractivity (Wildman–Crippen MR) is 92.5 cm³/mol. The lowest BCUT2D eigenvalue weighted by molar-refractivity contribution is 0.368. The second kappa shape index (κ2) is 7.12. The van der Waals surface area contributed by atoms with Gasteiger partial charge in [0, 0.05) is 6.04 Å². The van der Waals surface area contributed by atoms with Crippen molar-refractivity contribution in [3.63, 3.8) is 0 Å². The van der Waals surface area contributed by atoms with Gasteiger partial charge in [0.05, 0.1) is 11.9 Å². The molecule has 1 atom stereocenters. The number of imidazole rings is 1. The number of nitrogens with two attached hydrogens (primary N) is 1. The first-order valence-electron chi connectivity index (χ1n) is 8.64. The maximum Gasteiger partial charge on any atom is 0.243 e. The maximum atomic E-state index is 6.07. The maximum absolute atomic E-state index is 6.07. The molecule has 0 aliphatic carbocycles. The molecule has 7 nitrogen and oxygen atoms in total. The van der Waals surface area contributed by atoms with Crippen LogP contribution in [-0.4, -0.2) is 38.7 Å². The molecule has 1 unspecified atom stereocenters. The molecule has 1 fully saturated rings. The normalized spacial score (nSPS) is 17.5. The lowest BCUT2D eigenvalue weighted by Crippen LogP contribution is -2.29. The van der Waals surface area contributed by atoms with Gasteiger partial charge in [-0.15, -0.1) is 5.10 Å². The Labute approximate surface area is 137 Å². The molecular formula is C16H27N7. The van der Waals surface area contributed by atoms with Crippen LogP contribution in [0, 0.1) is 5.92 Å². The number of rotatable bonds is 6. The molecule has 4 N–H and O–H groups in total. The van der Waals surface area contributed by atoms with Gasteiger partial charge in [0.1, 0.15) is 0 Å². The van der Waals surface area contributed by atoms with Crippen LogP contribution in [0.3, 0.4) is 0 Å². The van der Waals surface area contributed by atoms with E-state index in [-0.39, 0.29) is 0 Å². The largest absolute Gasteiger partial charge is 0.380 e. The van der Waals surface area contributed by atoms with E-state index in [1.165, 1.54) is 12.8 Å². The van der Waals surface area contributed by atoms with Crippen LogP contribution in [0.15, 0.2) is 6.20 Å². The number of anilines is 2. The number of piperidine rings is 1. The van der Waals surface area contributed by atoms with E-state index in [0.29, 0.717) is 29.4 Å². The van der Waals surface area contributed by atoms with E-state index >= 15 is 0 Å². The van der Waals surface area contributed by atoms with E-state index in [0.717, 1.165) is 38.0 Å². The summed E-state index contributed by atoms with van der Waals surface area (Å²) in [6, 6.07) is 0.327. The van der Waals surface area contributed by atoms with Gasteiger partial charge < -0.3 is 16.4 Å². The second-order valence-electron chi connectivity index (χ2n) is 6.54. The number of hydrogen-bond acceptors (Lipinski definition) is 6. The SMILES string of the molecule is CCCC(C)Nc1nc(N)c2ncc(CC3CCNCC3)n2n1. The first-order valence-corrected chi connectivity index (χ1v) is 8.64. The monoisotopic (exact) mass is 317 g/mol. The number of aromatic nitrogens is 4. The molecule has 0 radical (unpaired) electrons. The molecule has 1 aliphatic heterocycles. The summed E-state index contributed by atoms with van der Waals surface area (Å²) in [6.45, 7) is 6.50. The van der Waals surface area contributed by atoms with Gasteiger partial charge in [-0.25, -0.2) is 9.50 Å². The summed E-state index contributed by atoms with van der Waals surface area (Å²) in [5, 5.41) is 11.4. The summed E-state index contributed by atoms with van der Waals surface area (Å²) in [4.78, 5) is 8.76. The van der Waals surface area contributed by atoms with Crippen molar-refractivity contribution in [2.75, 3.05) is 24.1 Å². The Balaban J connectivity index is 1.83. The summed E-state index contributed by atoms with van der Waals surface area (Å²) < 4.78 is 1.87. The molecule has 1 aliphatic rings. The fraction of sp³-hybridized carbons (Fsp3) is 0.688. The van der Waals surface area contributed by atoms with Gasteiger partial charge in [-0.05, 0) is 51.6 Å². The first kappa shape index (κ1) is 16.0. The molecule has 7 heteroatoms. The standard InChI is InChI=1S/C16H27N7/c1-3-4-11(2)20-16-21-14(17)15-19-10-13(23(15)22-16)9-12-5-7-18-8-6-12/h10-12,18H,3-9H2,1-2H3,(H3,17,20,21,22). The number of hydrogen-bond donors (Lipinski definition) is 3. The van der Waals surface area contributed by atoms with Crippen molar-refractivity contribution >= 4 is 17.4 Å². The number of nitrogens with one attached hydrogen (secondary N) is 2. The predicted octanol–water partition coefficient (Wildman–Crippen LogP) is 1.85. The van der Waals surface area contributed by atoms with Gasteiger partial charge in [-0.3, -0.25) is 0 Å². The Hall–Kier alpha value is -1.89. The Morgan fingerprint density at radius 1 is 1.43 bits per heavy atom. The van der Waals surface area contributed by atoms with Crippen molar-refractivity contribution < 1.29 is 0 Å². The average Bonchev–Trinajstić information content (AvgIpc) is 2.92.